The molecule has 96 valence electrons. The first-order chi connectivity index (χ1) is 8.52. The number of hydrogen-bond acceptors (Lipinski definition) is 3. The van der Waals surface area contributed by atoms with Gasteiger partial charge in [-0.2, -0.15) is 0 Å². The third kappa shape index (κ3) is 3.33. The Balaban J connectivity index is 2.00. The van der Waals surface area contributed by atoms with E-state index in [1.807, 2.05) is 0 Å². The molecule has 1 N–H and O–H groups in total. The molecule has 2 aromatic rings. The van der Waals surface area contributed by atoms with Crippen LogP contribution in [0.3, 0.4) is 0 Å². The topological polar surface area (TPSA) is 50.9 Å². The van der Waals surface area contributed by atoms with Crippen molar-refractivity contribution in [1.29, 1.82) is 0 Å². The molecule has 0 saturated heterocycles. The van der Waals surface area contributed by atoms with E-state index >= 15 is 0 Å². The van der Waals surface area contributed by atoms with Crippen LogP contribution in [-0.4, -0.2) is 26.2 Å². The van der Waals surface area contributed by atoms with Crippen LogP contribution >= 0.6 is 0 Å². The van der Waals surface area contributed by atoms with Crippen LogP contribution in [-0.2, 0) is 19.9 Å². The standard InChI is InChI=1S/C12H13F2N3O/c1-17-7-11(15-16-17)6-12(18)4-8-2-9(13)5-10(14)3-8/h2-3,5,7,12,18H,4,6H2,1H3. The summed E-state index contributed by atoms with van der Waals surface area (Å²) in [5.41, 5.74) is 1.06. The molecule has 1 atom stereocenters. The van der Waals surface area contributed by atoms with Gasteiger partial charge in [0.2, 0.25) is 0 Å². The average Bonchev–Trinajstić information content (AvgIpc) is 2.61. The van der Waals surface area contributed by atoms with Gasteiger partial charge in [0, 0.05) is 25.7 Å². The van der Waals surface area contributed by atoms with Crippen LogP contribution in [0.25, 0.3) is 0 Å². The summed E-state index contributed by atoms with van der Waals surface area (Å²) in [5.74, 6) is -1.28. The molecular formula is C12H13F2N3O. The van der Waals surface area contributed by atoms with Crippen molar-refractivity contribution in [2.45, 2.75) is 18.9 Å². The molecule has 1 aromatic carbocycles. The largest absolute Gasteiger partial charge is 0.392 e. The molecule has 0 bridgehead atoms. The number of halogens is 2. The van der Waals surface area contributed by atoms with E-state index in [-0.39, 0.29) is 6.42 Å². The van der Waals surface area contributed by atoms with Gasteiger partial charge in [-0.1, -0.05) is 5.21 Å². The van der Waals surface area contributed by atoms with Crippen LogP contribution in [0.4, 0.5) is 8.78 Å². The smallest absolute Gasteiger partial charge is 0.126 e. The normalized spacial score (nSPS) is 12.7. The molecule has 0 aliphatic carbocycles. The summed E-state index contributed by atoms with van der Waals surface area (Å²) in [6.07, 6.45) is 1.41. The van der Waals surface area contributed by atoms with Gasteiger partial charge in [-0.05, 0) is 24.1 Å². The van der Waals surface area contributed by atoms with Crippen LogP contribution in [0.5, 0.6) is 0 Å². The second-order valence-corrected chi connectivity index (χ2v) is 4.22. The fourth-order valence-electron chi connectivity index (χ4n) is 1.80. The Labute approximate surface area is 103 Å². The molecule has 0 fully saturated rings. The number of aliphatic hydroxyl groups is 1. The molecule has 0 saturated carbocycles. The van der Waals surface area contributed by atoms with E-state index in [1.165, 1.54) is 16.8 Å². The van der Waals surface area contributed by atoms with Crippen LogP contribution in [0.1, 0.15) is 11.3 Å². The van der Waals surface area contributed by atoms with Gasteiger partial charge in [-0.25, -0.2) is 8.78 Å². The maximum Gasteiger partial charge on any atom is 0.126 e. The Morgan fingerprint density at radius 1 is 1.22 bits per heavy atom. The Morgan fingerprint density at radius 3 is 2.44 bits per heavy atom. The van der Waals surface area contributed by atoms with Gasteiger partial charge in [0.05, 0.1) is 11.8 Å². The van der Waals surface area contributed by atoms with Crippen molar-refractivity contribution in [2.75, 3.05) is 0 Å². The molecule has 0 aliphatic rings. The minimum atomic E-state index is -0.747. The highest BCUT2D eigenvalue weighted by Crippen LogP contribution is 2.11. The Bertz CT molecular complexity index is 522. The maximum absolute atomic E-state index is 13.0. The molecule has 4 nitrogen and oxygen atoms in total. The van der Waals surface area contributed by atoms with Crippen molar-refractivity contribution in [2.24, 2.45) is 7.05 Å². The predicted molar refractivity (Wildman–Crippen MR) is 60.8 cm³/mol. The molecule has 1 unspecified atom stereocenters. The van der Waals surface area contributed by atoms with E-state index < -0.39 is 17.7 Å². The summed E-state index contributed by atoms with van der Waals surface area (Å²) < 4.78 is 27.5. The minimum Gasteiger partial charge on any atom is -0.392 e. The summed E-state index contributed by atoms with van der Waals surface area (Å²) in [7, 11) is 1.73. The van der Waals surface area contributed by atoms with Gasteiger partial charge in [-0.3, -0.25) is 4.68 Å². The van der Waals surface area contributed by atoms with E-state index in [0.717, 1.165) is 6.07 Å². The number of aliphatic hydroxyl groups excluding tert-OH is 1. The van der Waals surface area contributed by atoms with Crippen molar-refractivity contribution in [3.05, 3.63) is 47.3 Å². The highest BCUT2D eigenvalue weighted by molar-refractivity contribution is 5.19. The highest BCUT2D eigenvalue weighted by atomic mass is 19.1. The van der Waals surface area contributed by atoms with Crippen LogP contribution in [0.15, 0.2) is 24.4 Å². The zero-order chi connectivity index (χ0) is 13.1. The van der Waals surface area contributed by atoms with Crippen molar-refractivity contribution >= 4 is 0 Å². The second-order valence-electron chi connectivity index (χ2n) is 4.22. The first-order valence-electron chi connectivity index (χ1n) is 5.51. The molecule has 0 spiro atoms. The fraction of sp³-hybridized carbons (Fsp3) is 0.333. The quantitative estimate of drug-likeness (QED) is 0.892. The molecular weight excluding hydrogens is 240 g/mol. The number of aryl methyl sites for hydroxylation is 1. The van der Waals surface area contributed by atoms with Crippen molar-refractivity contribution in [3.8, 4) is 0 Å². The van der Waals surface area contributed by atoms with E-state index in [4.69, 9.17) is 0 Å². The van der Waals surface area contributed by atoms with E-state index in [0.29, 0.717) is 17.7 Å². The molecule has 0 amide bonds. The number of hydrogen-bond donors (Lipinski definition) is 1. The number of rotatable bonds is 4. The number of benzene rings is 1. The molecule has 0 aliphatic heterocycles. The highest BCUT2D eigenvalue weighted by Gasteiger charge is 2.11. The summed E-state index contributed by atoms with van der Waals surface area (Å²) in [6, 6.07) is 3.23. The molecule has 6 heteroatoms. The second kappa shape index (κ2) is 5.22. The number of aromatic nitrogens is 3. The lowest BCUT2D eigenvalue weighted by Gasteiger charge is -2.08. The Kier molecular flexibility index (Phi) is 3.66. The fourth-order valence-corrected chi connectivity index (χ4v) is 1.80. The van der Waals surface area contributed by atoms with Crippen LogP contribution in [0.2, 0.25) is 0 Å². The summed E-state index contributed by atoms with van der Waals surface area (Å²) in [5, 5.41) is 17.4. The van der Waals surface area contributed by atoms with Gasteiger partial charge in [0.15, 0.2) is 0 Å². The lowest BCUT2D eigenvalue weighted by Crippen LogP contribution is -2.14. The zero-order valence-corrected chi connectivity index (χ0v) is 9.85. The van der Waals surface area contributed by atoms with Gasteiger partial charge in [-0.15, -0.1) is 5.10 Å². The SMILES string of the molecule is Cn1cc(CC(O)Cc2cc(F)cc(F)c2)nn1. The molecule has 18 heavy (non-hydrogen) atoms. The van der Waals surface area contributed by atoms with E-state index in [2.05, 4.69) is 10.3 Å². The average molecular weight is 253 g/mol. The van der Waals surface area contributed by atoms with E-state index in [9.17, 15) is 13.9 Å². The summed E-state index contributed by atoms with van der Waals surface area (Å²) in [4.78, 5) is 0. The lowest BCUT2D eigenvalue weighted by molar-refractivity contribution is 0.174. The third-order valence-corrected chi connectivity index (χ3v) is 2.49. The first-order valence-corrected chi connectivity index (χ1v) is 5.51. The van der Waals surface area contributed by atoms with Crippen molar-refractivity contribution in [3.63, 3.8) is 0 Å². The molecule has 1 aromatic heterocycles. The first kappa shape index (κ1) is 12.6. The third-order valence-electron chi connectivity index (χ3n) is 2.49. The van der Waals surface area contributed by atoms with Crippen LogP contribution in [0, 0.1) is 11.6 Å². The monoisotopic (exact) mass is 253 g/mol. The summed E-state index contributed by atoms with van der Waals surface area (Å²) >= 11 is 0. The number of nitrogens with zero attached hydrogens (tertiary/aromatic N) is 3. The summed E-state index contributed by atoms with van der Waals surface area (Å²) in [6.45, 7) is 0. The maximum atomic E-state index is 13.0. The van der Waals surface area contributed by atoms with Crippen LogP contribution < -0.4 is 0 Å². The zero-order valence-electron chi connectivity index (χ0n) is 9.85. The Hall–Kier alpha value is -1.82. The molecule has 1 heterocycles. The van der Waals surface area contributed by atoms with Crippen molar-refractivity contribution in [1.82, 2.24) is 15.0 Å². The van der Waals surface area contributed by atoms with Gasteiger partial charge >= 0.3 is 0 Å². The van der Waals surface area contributed by atoms with Crippen molar-refractivity contribution < 1.29 is 13.9 Å². The molecule has 0 radical (unpaired) electrons. The van der Waals surface area contributed by atoms with Gasteiger partial charge < -0.3 is 5.11 Å². The molecule has 2 rings (SSSR count). The minimum absolute atomic E-state index is 0.172. The lowest BCUT2D eigenvalue weighted by atomic mass is 10.0. The van der Waals surface area contributed by atoms with E-state index in [1.54, 1.807) is 13.2 Å². The van der Waals surface area contributed by atoms with Gasteiger partial charge in [0.25, 0.3) is 0 Å². The Morgan fingerprint density at radius 2 is 1.89 bits per heavy atom. The predicted octanol–water partition coefficient (Wildman–Crippen LogP) is 1.24. The van der Waals surface area contributed by atoms with Gasteiger partial charge in [0.1, 0.15) is 11.6 Å².